The van der Waals surface area contributed by atoms with Crippen LogP contribution in [0.2, 0.25) is 0 Å². The van der Waals surface area contributed by atoms with Gasteiger partial charge in [-0.2, -0.15) is 0 Å². The van der Waals surface area contributed by atoms with Crippen LogP contribution in [0.3, 0.4) is 0 Å². The number of thiophene rings is 1. The SMILES string of the molecule is O=C(O)Cc1sc2c(c1Br)CCCC2. The summed E-state index contributed by atoms with van der Waals surface area (Å²) in [5.41, 5.74) is 1.36. The molecule has 0 radical (unpaired) electrons. The van der Waals surface area contributed by atoms with Gasteiger partial charge in [0.15, 0.2) is 0 Å². The molecule has 1 N–H and O–H groups in total. The maximum absolute atomic E-state index is 10.6. The summed E-state index contributed by atoms with van der Waals surface area (Å²) < 4.78 is 1.06. The standard InChI is InChI=1S/C10H11BrO2S/c11-10-6-3-1-2-4-7(6)14-8(10)5-9(12)13/h1-5H2,(H,12,13). The Kier molecular flexibility index (Phi) is 2.93. The van der Waals surface area contributed by atoms with Gasteiger partial charge in [-0.25, -0.2) is 0 Å². The van der Waals surface area contributed by atoms with Crippen molar-refractivity contribution in [3.8, 4) is 0 Å². The lowest BCUT2D eigenvalue weighted by molar-refractivity contribution is -0.136. The second-order valence-corrected chi connectivity index (χ2v) is 5.50. The molecule has 0 bridgehead atoms. The maximum Gasteiger partial charge on any atom is 0.308 e. The quantitative estimate of drug-likeness (QED) is 0.900. The van der Waals surface area contributed by atoms with Crippen LogP contribution in [0.4, 0.5) is 0 Å². The summed E-state index contributed by atoms with van der Waals surface area (Å²) in [6, 6.07) is 0. The molecule has 0 aliphatic heterocycles. The van der Waals surface area contributed by atoms with E-state index in [1.54, 1.807) is 11.3 Å². The van der Waals surface area contributed by atoms with E-state index in [1.807, 2.05) is 0 Å². The first kappa shape index (κ1) is 10.2. The molecule has 0 saturated carbocycles. The topological polar surface area (TPSA) is 37.3 Å². The molecule has 2 rings (SSSR count). The van der Waals surface area contributed by atoms with Gasteiger partial charge in [0.2, 0.25) is 0 Å². The number of rotatable bonds is 2. The highest BCUT2D eigenvalue weighted by Gasteiger charge is 2.19. The molecule has 1 aromatic heterocycles. The minimum Gasteiger partial charge on any atom is -0.481 e. The van der Waals surface area contributed by atoms with E-state index in [0.29, 0.717) is 0 Å². The van der Waals surface area contributed by atoms with Gasteiger partial charge in [-0.05, 0) is 47.2 Å². The lowest BCUT2D eigenvalue weighted by Gasteiger charge is -2.09. The Morgan fingerprint density at radius 1 is 1.43 bits per heavy atom. The van der Waals surface area contributed by atoms with Crippen LogP contribution in [0.25, 0.3) is 0 Å². The predicted octanol–water partition coefficient (Wildman–Crippen LogP) is 3.02. The van der Waals surface area contributed by atoms with Crippen LogP contribution in [-0.4, -0.2) is 11.1 Å². The van der Waals surface area contributed by atoms with Crippen molar-refractivity contribution in [2.45, 2.75) is 32.1 Å². The van der Waals surface area contributed by atoms with Crippen LogP contribution in [-0.2, 0) is 24.1 Å². The van der Waals surface area contributed by atoms with Gasteiger partial charge in [0.25, 0.3) is 0 Å². The lowest BCUT2D eigenvalue weighted by Crippen LogP contribution is -1.99. The number of hydrogen-bond acceptors (Lipinski definition) is 2. The van der Waals surface area contributed by atoms with Gasteiger partial charge in [-0.1, -0.05) is 0 Å². The normalized spacial score (nSPS) is 15.2. The van der Waals surface area contributed by atoms with E-state index < -0.39 is 5.97 Å². The average Bonchev–Trinajstić information content (AvgIpc) is 2.44. The van der Waals surface area contributed by atoms with Crippen LogP contribution >= 0.6 is 27.3 Å². The van der Waals surface area contributed by atoms with E-state index in [-0.39, 0.29) is 6.42 Å². The Balaban J connectivity index is 2.33. The van der Waals surface area contributed by atoms with Crippen molar-refractivity contribution in [2.24, 2.45) is 0 Å². The number of fused-ring (bicyclic) bond motifs is 1. The van der Waals surface area contributed by atoms with E-state index in [4.69, 9.17) is 5.11 Å². The molecule has 0 saturated heterocycles. The van der Waals surface area contributed by atoms with E-state index in [9.17, 15) is 4.79 Å². The Morgan fingerprint density at radius 2 is 2.14 bits per heavy atom. The third kappa shape index (κ3) is 1.86. The third-order valence-electron chi connectivity index (χ3n) is 2.49. The highest BCUT2D eigenvalue weighted by molar-refractivity contribution is 9.10. The molecule has 0 aromatic carbocycles. The molecular formula is C10H11BrO2S. The Morgan fingerprint density at radius 3 is 2.79 bits per heavy atom. The highest BCUT2D eigenvalue weighted by atomic mass is 79.9. The number of carboxylic acids is 1. The molecule has 14 heavy (non-hydrogen) atoms. The van der Waals surface area contributed by atoms with Crippen LogP contribution in [0.1, 0.15) is 28.2 Å². The zero-order valence-electron chi connectivity index (χ0n) is 7.68. The van der Waals surface area contributed by atoms with Crippen LogP contribution < -0.4 is 0 Å². The Hall–Kier alpha value is -0.350. The number of halogens is 1. The summed E-state index contributed by atoms with van der Waals surface area (Å²) >= 11 is 5.18. The fraction of sp³-hybridized carbons (Fsp3) is 0.500. The fourth-order valence-electron chi connectivity index (χ4n) is 1.84. The number of carboxylic acid groups (broad SMARTS) is 1. The average molecular weight is 275 g/mol. The zero-order chi connectivity index (χ0) is 10.1. The maximum atomic E-state index is 10.6. The van der Waals surface area contributed by atoms with Crippen molar-refractivity contribution in [3.05, 3.63) is 19.8 Å². The van der Waals surface area contributed by atoms with Crippen molar-refractivity contribution >= 4 is 33.2 Å². The Labute approximate surface area is 95.1 Å². The van der Waals surface area contributed by atoms with E-state index in [0.717, 1.165) is 22.2 Å². The van der Waals surface area contributed by atoms with Crippen LogP contribution in [0, 0.1) is 0 Å². The van der Waals surface area contributed by atoms with Gasteiger partial charge in [-0.15, -0.1) is 11.3 Å². The smallest absolute Gasteiger partial charge is 0.308 e. The minimum absolute atomic E-state index is 0.151. The summed E-state index contributed by atoms with van der Waals surface area (Å²) in [7, 11) is 0. The fourth-order valence-corrected chi connectivity index (χ4v) is 4.07. The van der Waals surface area contributed by atoms with Crippen molar-refractivity contribution in [3.63, 3.8) is 0 Å². The first-order valence-electron chi connectivity index (χ1n) is 4.69. The third-order valence-corrected chi connectivity index (χ3v) is 5.00. The van der Waals surface area contributed by atoms with E-state index in [2.05, 4.69) is 15.9 Å². The molecule has 76 valence electrons. The van der Waals surface area contributed by atoms with Gasteiger partial charge in [0.05, 0.1) is 6.42 Å². The van der Waals surface area contributed by atoms with E-state index in [1.165, 1.54) is 23.3 Å². The second-order valence-electron chi connectivity index (χ2n) is 3.52. The summed E-state index contributed by atoms with van der Waals surface area (Å²) in [4.78, 5) is 13.0. The van der Waals surface area contributed by atoms with Gasteiger partial charge in [0, 0.05) is 14.2 Å². The number of aryl methyl sites for hydroxylation is 1. The van der Waals surface area contributed by atoms with Crippen molar-refractivity contribution < 1.29 is 9.90 Å². The van der Waals surface area contributed by atoms with Gasteiger partial charge in [0.1, 0.15) is 0 Å². The molecule has 0 atom stereocenters. The summed E-state index contributed by atoms with van der Waals surface area (Å²) in [6.07, 6.45) is 4.85. The monoisotopic (exact) mass is 274 g/mol. The molecule has 1 heterocycles. The number of carbonyl (C=O) groups is 1. The second kappa shape index (κ2) is 4.03. The van der Waals surface area contributed by atoms with Crippen molar-refractivity contribution in [1.29, 1.82) is 0 Å². The Bertz CT molecular complexity index is 370. The zero-order valence-corrected chi connectivity index (χ0v) is 10.1. The molecule has 1 aromatic rings. The van der Waals surface area contributed by atoms with Crippen molar-refractivity contribution in [2.75, 3.05) is 0 Å². The molecule has 0 spiro atoms. The van der Waals surface area contributed by atoms with E-state index >= 15 is 0 Å². The van der Waals surface area contributed by atoms with Crippen molar-refractivity contribution in [1.82, 2.24) is 0 Å². The molecular weight excluding hydrogens is 264 g/mol. The number of hydrogen-bond donors (Lipinski definition) is 1. The molecule has 0 fully saturated rings. The molecule has 2 nitrogen and oxygen atoms in total. The first-order chi connectivity index (χ1) is 6.68. The molecule has 0 unspecified atom stereocenters. The molecule has 0 amide bonds. The number of aliphatic carboxylic acids is 1. The minimum atomic E-state index is -0.746. The first-order valence-corrected chi connectivity index (χ1v) is 6.30. The highest BCUT2D eigenvalue weighted by Crippen LogP contribution is 2.38. The largest absolute Gasteiger partial charge is 0.481 e. The summed E-state index contributed by atoms with van der Waals surface area (Å²) in [5, 5.41) is 8.74. The predicted molar refractivity (Wildman–Crippen MR) is 60.0 cm³/mol. The molecule has 4 heteroatoms. The van der Waals surface area contributed by atoms with Gasteiger partial charge < -0.3 is 5.11 Å². The summed E-state index contributed by atoms with van der Waals surface area (Å²) in [5.74, 6) is -0.746. The molecule has 1 aliphatic rings. The lowest BCUT2D eigenvalue weighted by atomic mass is 9.99. The van der Waals surface area contributed by atoms with Gasteiger partial charge in [-0.3, -0.25) is 4.79 Å². The van der Waals surface area contributed by atoms with Crippen LogP contribution in [0.15, 0.2) is 4.47 Å². The van der Waals surface area contributed by atoms with Gasteiger partial charge >= 0.3 is 5.97 Å². The summed E-state index contributed by atoms with van der Waals surface area (Å²) in [6.45, 7) is 0. The molecule has 1 aliphatic carbocycles. The van der Waals surface area contributed by atoms with Crippen LogP contribution in [0.5, 0.6) is 0 Å².